The summed E-state index contributed by atoms with van der Waals surface area (Å²) >= 11 is 0. The van der Waals surface area contributed by atoms with Crippen molar-refractivity contribution in [2.75, 3.05) is 5.32 Å². The third kappa shape index (κ3) is 2.78. The standard InChI is InChI=1S/C19H19N3O2/c23-18-8-16(15-3-1-2-4-17(15)22-18)19(24)21-9-12-5-6-13-10-20-11-14(13)7-12/h1-7,16,20H,8-11H2,(H,21,24)(H,22,23). The van der Waals surface area contributed by atoms with Crippen LogP contribution in [0.25, 0.3) is 0 Å². The Bertz CT molecular complexity index is 816. The van der Waals surface area contributed by atoms with E-state index in [1.807, 2.05) is 30.3 Å². The smallest absolute Gasteiger partial charge is 0.228 e. The van der Waals surface area contributed by atoms with Crippen LogP contribution in [0.3, 0.4) is 0 Å². The number of nitrogens with one attached hydrogen (secondary N) is 3. The molecule has 0 saturated carbocycles. The molecule has 5 heteroatoms. The molecule has 2 amide bonds. The molecule has 24 heavy (non-hydrogen) atoms. The molecule has 0 aliphatic carbocycles. The fourth-order valence-electron chi connectivity index (χ4n) is 3.42. The Morgan fingerprint density at radius 1 is 1.12 bits per heavy atom. The van der Waals surface area contributed by atoms with E-state index in [0.29, 0.717) is 6.54 Å². The third-order valence-corrected chi connectivity index (χ3v) is 4.68. The summed E-state index contributed by atoms with van der Waals surface area (Å²) in [6.07, 6.45) is 0.191. The predicted octanol–water partition coefficient (Wildman–Crippen LogP) is 2.03. The molecule has 3 N–H and O–H groups in total. The molecular formula is C19H19N3O2. The van der Waals surface area contributed by atoms with Gasteiger partial charge in [-0.25, -0.2) is 0 Å². The van der Waals surface area contributed by atoms with Crippen molar-refractivity contribution >= 4 is 17.5 Å². The van der Waals surface area contributed by atoms with Crippen LogP contribution in [-0.4, -0.2) is 11.8 Å². The maximum Gasteiger partial charge on any atom is 0.228 e. The molecule has 2 aliphatic rings. The van der Waals surface area contributed by atoms with E-state index in [4.69, 9.17) is 0 Å². The average molecular weight is 321 g/mol. The topological polar surface area (TPSA) is 70.2 Å². The second kappa shape index (κ2) is 6.09. The summed E-state index contributed by atoms with van der Waals surface area (Å²) < 4.78 is 0. The van der Waals surface area contributed by atoms with E-state index in [9.17, 15) is 9.59 Å². The normalized spacial score (nSPS) is 18.5. The van der Waals surface area contributed by atoms with Gasteiger partial charge >= 0.3 is 0 Å². The zero-order valence-corrected chi connectivity index (χ0v) is 13.3. The quantitative estimate of drug-likeness (QED) is 0.810. The van der Waals surface area contributed by atoms with Gasteiger partial charge in [0.15, 0.2) is 0 Å². The zero-order valence-electron chi connectivity index (χ0n) is 13.3. The number of anilines is 1. The van der Waals surface area contributed by atoms with Gasteiger partial charge in [0.25, 0.3) is 0 Å². The van der Waals surface area contributed by atoms with Gasteiger partial charge in [-0.05, 0) is 28.3 Å². The maximum absolute atomic E-state index is 12.6. The van der Waals surface area contributed by atoms with Crippen molar-refractivity contribution in [3.8, 4) is 0 Å². The molecular weight excluding hydrogens is 302 g/mol. The maximum atomic E-state index is 12.6. The molecule has 0 aromatic heterocycles. The number of para-hydroxylation sites is 1. The monoisotopic (exact) mass is 321 g/mol. The van der Waals surface area contributed by atoms with Crippen LogP contribution in [0.2, 0.25) is 0 Å². The van der Waals surface area contributed by atoms with Crippen molar-refractivity contribution in [1.82, 2.24) is 10.6 Å². The molecule has 0 bridgehead atoms. The molecule has 122 valence electrons. The van der Waals surface area contributed by atoms with Gasteiger partial charge < -0.3 is 16.0 Å². The summed E-state index contributed by atoms with van der Waals surface area (Å²) in [7, 11) is 0. The number of amides is 2. The number of hydrogen-bond donors (Lipinski definition) is 3. The minimum absolute atomic E-state index is 0.101. The summed E-state index contributed by atoms with van der Waals surface area (Å²) in [5.74, 6) is -0.639. The van der Waals surface area contributed by atoms with Crippen molar-refractivity contribution in [2.45, 2.75) is 32.0 Å². The Kier molecular flexibility index (Phi) is 3.78. The third-order valence-electron chi connectivity index (χ3n) is 4.68. The molecule has 2 heterocycles. The molecule has 0 saturated heterocycles. The predicted molar refractivity (Wildman–Crippen MR) is 91.3 cm³/mol. The molecule has 1 atom stereocenters. The summed E-state index contributed by atoms with van der Waals surface area (Å²) in [4.78, 5) is 24.5. The van der Waals surface area contributed by atoms with Gasteiger partial charge in [-0.15, -0.1) is 0 Å². The van der Waals surface area contributed by atoms with E-state index in [1.54, 1.807) is 0 Å². The van der Waals surface area contributed by atoms with Gasteiger partial charge in [0.2, 0.25) is 11.8 Å². The van der Waals surface area contributed by atoms with Crippen molar-refractivity contribution in [2.24, 2.45) is 0 Å². The van der Waals surface area contributed by atoms with E-state index >= 15 is 0 Å². The highest BCUT2D eigenvalue weighted by Crippen LogP contribution is 2.32. The van der Waals surface area contributed by atoms with Crippen LogP contribution in [-0.2, 0) is 29.2 Å². The van der Waals surface area contributed by atoms with Gasteiger partial charge in [-0.1, -0.05) is 36.4 Å². The van der Waals surface area contributed by atoms with Crippen LogP contribution in [0, 0.1) is 0 Å². The Morgan fingerprint density at radius 2 is 1.96 bits per heavy atom. The van der Waals surface area contributed by atoms with Crippen LogP contribution >= 0.6 is 0 Å². The van der Waals surface area contributed by atoms with Crippen LogP contribution < -0.4 is 16.0 Å². The molecule has 0 radical (unpaired) electrons. The molecule has 5 nitrogen and oxygen atoms in total. The van der Waals surface area contributed by atoms with Crippen molar-refractivity contribution in [3.63, 3.8) is 0 Å². The van der Waals surface area contributed by atoms with Gasteiger partial charge in [0.05, 0.1) is 5.92 Å². The highest BCUT2D eigenvalue weighted by Gasteiger charge is 2.30. The van der Waals surface area contributed by atoms with Gasteiger partial charge in [-0.2, -0.15) is 0 Å². The first-order valence-corrected chi connectivity index (χ1v) is 8.18. The van der Waals surface area contributed by atoms with Gasteiger partial charge in [-0.3, -0.25) is 9.59 Å². The molecule has 1 unspecified atom stereocenters. The highest BCUT2D eigenvalue weighted by atomic mass is 16.2. The zero-order chi connectivity index (χ0) is 16.5. The number of fused-ring (bicyclic) bond motifs is 2. The number of benzene rings is 2. The van der Waals surface area contributed by atoms with Gasteiger partial charge in [0.1, 0.15) is 0 Å². The summed E-state index contributed by atoms with van der Waals surface area (Å²) in [5.41, 5.74) is 5.32. The Balaban J connectivity index is 1.48. The van der Waals surface area contributed by atoms with Crippen LogP contribution in [0.4, 0.5) is 5.69 Å². The van der Waals surface area contributed by atoms with Crippen molar-refractivity contribution in [1.29, 1.82) is 0 Å². The Labute approximate surface area is 140 Å². The minimum Gasteiger partial charge on any atom is -0.351 e. The lowest BCUT2D eigenvalue weighted by molar-refractivity contribution is -0.126. The fourth-order valence-corrected chi connectivity index (χ4v) is 3.42. The first-order valence-electron chi connectivity index (χ1n) is 8.18. The Hall–Kier alpha value is -2.66. The average Bonchev–Trinajstić information content (AvgIpc) is 3.06. The lowest BCUT2D eigenvalue weighted by Crippen LogP contribution is -2.34. The fraction of sp³-hybridized carbons (Fsp3) is 0.263. The summed E-state index contributed by atoms with van der Waals surface area (Å²) in [6, 6.07) is 13.8. The molecule has 2 aliphatic heterocycles. The van der Waals surface area contributed by atoms with Gasteiger partial charge in [0, 0.05) is 31.7 Å². The van der Waals surface area contributed by atoms with Crippen LogP contribution in [0.1, 0.15) is 34.6 Å². The number of rotatable bonds is 3. The number of carbonyl (C=O) groups excluding carboxylic acids is 2. The SMILES string of the molecule is O=C1CC(C(=O)NCc2ccc3c(c2)CNC3)c2ccccc2N1. The lowest BCUT2D eigenvalue weighted by Gasteiger charge is -2.24. The van der Waals surface area contributed by atoms with E-state index in [-0.39, 0.29) is 18.2 Å². The van der Waals surface area contributed by atoms with E-state index in [2.05, 4.69) is 28.1 Å². The largest absolute Gasteiger partial charge is 0.351 e. The number of hydrogen-bond acceptors (Lipinski definition) is 3. The molecule has 0 fully saturated rings. The lowest BCUT2D eigenvalue weighted by atomic mass is 9.90. The van der Waals surface area contributed by atoms with E-state index in [1.165, 1.54) is 11.1 Å². The summed E-state index contributed by atoms with van der Waals surface area (Å²) in [5, 5.41) is 9.12. The van der Waals surface area contributed by atoms with E-state index in [0.717, 1.165) is 29.9 Å². The molecule has 2 aromatic carbocycles. The molecule has 2 aromatic rings. The Morgan fingerprint density at radius 3 is 2.88 bits per heavy atom. The first kappa shape index (κ1) is 14.9. The van der Waals surface area contributed by atoms with Crippen LogP contribution in [0.15, 0.2) is 42.5 Å². The van der Waals surface area contributed by atoms with Crippen molar-refractivity contribution in [3.05, 3.63) is 64.7 Å². The summed E-state index contributed by atoms with van der Waals surface area (Å²) in [6.45, 7) is 2.27. The second-order valence-electron chi connectivity index (χ2n) is 6.32. The molecule has 4 rings (SSSR count). The van der Waals surface area contributed by atoms with Crippen molar-refractivity contribution < 1.29 is 9.59 Å². The second-order valence-corrected chi connectivity index (χ2v) is 6.32. The highest BCUT2D eigenvalue weighted by molar-refractivity contribution is 6.01. The minimum atomic E-state index is -0.425. The first-order chi connectivity index (χ1) is 11.7. The van der Waals surface area contributed by atoms with E-state index < -0.39 is 5.92 Å². The van der Waals surface area contributed by atoms with Crippen LogP contribution in [0.5, 0.6) is 0 Å². The molecule has 0 spiro atoms. The number of carbonyl (C=O) groups is 2.